The lowest BCUT2D eigenvalue weighted by Crippen LogP contribution is -2.29. The van der Waals surface area contributed by atoms with Crippen LogP contribution in [0.25, 0.3) is 5.70 Å². The first-order valence-electron chi connectivity index (χ1n) is 7.82. The quantitative estimate of drug-likeness (QED) is 0.819. The van der Waals surface area contributed by atoms with E-state index in [1.54, 1.807) is 7.11 Å². The monoisotopic (exact) mass is 305 g/mol. The minimum atomic E-state index is -0.321. The van der Waals surface area contributed by atoms with E-state index in [0.29, 0.717) is 13.2 Å². The average molecular weight is 305 g/mol. The smallest absolute Gasteiger partial charge is 0.161 e. The molecule has 1 aromatic rings. The Hall–Kier alpha value is -1.72. The third-order valence-corrected chi connectivity index (χ3v) is 4.02. The predicted octanol–water partition coefficient (Wildman–Crippen LogP) is 2.91. The van der Waals surface area contributed by atoms with Crippen molar-refractivity contribution in [3.8, 4) is 11.5 Å². The van der Waals surface area contributed by atoms with Crippen molar-refractivity contribution in [3.63, 3.8) is 0 Å². The number of hydrogen-bond donors (Lipinski definition) is 1. The van der Waals surface area contributed by atoms with Gasteiger partial charge in [0.25, 0.3) is 0 Å². The zero-order valence-electron chi connectivity index (χ0n) is 13.2. The number of methoxy groups -OCH3 is 1. The molecule has 5 heteroatoms. The Morgan fingerprint density at radius 2 is 2.23 bits per heavy atom. The Balaban J connectivity index is 1.77. The second-order valence-corrected chi connectivity index (χ2v) is 5.70. The molecule has 0 aliphatic carbocycles. The lowest BCUT2D eigenvalue weighted by atomic mass is 10.0. The van der Waals surface area contributed by atoms with Crippen LogP contribution in [0.2, 0.25) is 0 Å². The molecule has 2 heterocycles. The Labute approximate surface area is 131 Å². The van der Waals surface area contributed by atoms with Gasteiger partial charge in [-0.15, -0.1) is 0 Å². The van der Waals surface area contributed by atoms with Gasteiger partial charge < -0.3 is 14.2 Å². The summed E-state index contributed by atoms with van der Waals surface area (Å²) in [5.74, 6) is 1.51. The van der Waals surface area contributed by atoms with Gasteiger partial charge in [-0.05, 0) is 30.7 Å². The number of rotatable bonds is 6. The second-order valence-electron chi connectivity index (χ2n) is 5.70. The predicted molar refractivity (Wildman–Crippen MR) is 83.8 cm³/mol. The number of unbranched alkanes of at least 4 members (excludes halogenated alkanes) is 1. The molecule has 1 aromatic carbocycles. The molecule has 0 aromatic heterocycles. The van der Waals surface area contributed by atoms with Crippen LogP contribution >= 0.6 is 0 Å². The summed E-state index contributed by atoms with van der Waals surface area (Å²) < 4.78 is 16.6. The minimum absolute atomic E-state index is 0.321. The maximum absolute atomic E-state index is 5.76. The van der Waals surface area contributed by atoms with Crippen molar-refractivity contribution in [2.45, 2.75) is 31.8 Å². The Kier molecular flexibility index (Phi) is 4.55. The van der Waals surface area contributed by atoms with E-state index < -0.39 is 0 Å². The van der Waals surface area contributed by atoms with Crippen LogP contribution in [0.3, 0.4) is 0 Å². The fourth-order valence-corrected chi connectivity index (χ4v) is 2.66. The van der Waals surface area contributed by atoms with Gasteiger partial charge in [-0.1, -0.05) is 13.3 Å². The van der Waals surface area contributed by atoms with E-state index in [4.69, 9.17) is 19.0 Å². The molecule has 0 amide bonds. The maximum atomic E-state index is 5.76. The largest absolute Gasteiger partial charge is 0.493 e. The van der Waals surface area contributed by atoms with Gasteiger partial charge in [0, 0.05) is 18.6 Å². The van der Waals surface area contributed by atoms with Crippen molar-refractivity contribution < 1.29 is 19.0 Å². The van der Waals surface area contributed by atoms with Gasteiger partial charge >= 0.3 is 0 Å². The minimum Gasteiger partial charge on any atom is -0.493 e. The number of hydroxylamine groups is 1. The van der Waals surface area contributed by atoms with E-state index in [9.17, 15) is 0 Å². The molecule has 120 valence electrons. The highest BCUT2D eigenvalue weighted by Gasteiger charge is 2.39. The second kappa shape index (κ2) is 6.58. The van der Waals surface area contributed by atoms with Gasteiger partial charge in [0.15, 0.2) is 11.5 Å². The fourth-order valence-electron chi connectivity index (χ4n) is 2.66. The van der Waals surface area contributed by atoms with E-state index in [1.165, 1.54) is 0 Å². The molecule has 2 aliphatic heterocycles. The van der Waals surface area contributed by atoms with Crippen LogP contribution in [0.1, 0.15) is 31.7 Å². The highest BCUT2D eigenvalue weighted by atomic mass is 16.7. The molecule has 0 radical (unpaired) electrons. The van der Waals surface area contributed by atoms with Crippen molar-refractivity contribution in [1.82, 2.24) is 5.48 Å². The first-order valence-corrected chi connectivity index (χ1v) is 7.82. The lowest BCUT2D eigenvalue weighted by molar-refractivity contribution is -0.0373. The number of benzene rings is 1. The number of ether oxygens (including phenoxy) is 3. The molecule has 1 fully saturated rings. The molecule has 1 N–H and O–H groups in total. The van der Waals surface area contributed by atoms with E-state index in [1.807, 2.05) is 18.2 Å². The molecule has 0 bridgehead atoms. The van der Waals surface area contributed by atoms with Gasteiger partial charge in [-0.2, -0.15) is 0 Å². The highest BCUT2D eigenvalue weighted by molar-refractivity contribution is 5.68. The first kappa shape index (κ1) is 15.2. The Morgan fingerprint density at radius 3 is 2.95 bits per heavy atom. The van der Waals surface area contributed by atoms with Crippen LogP contribution < -0.4 is 15.0 Å². The summed E-state index contributed by atoms with van der Waals surface area (Å²) in [4.78, 5) is 5.71. The van der Waals surface area contributed by atoms with Crippen molar-refractivity contribution in [3.05, 3.63) is 29.8 Å². The molecule has 1 unspecified atom stereocenters. The van der Waals surface area contributed by atoms with Gasteiger partial charge in [0.1, 0.15) is 5.60 Å². The molecule has 5 nitrogen and oxygen atoms in total. The van der Waals surface area contributed by atoms with Crippen LogP contribution in [0.5, 0.6) is 11.5 Å². The summed E-state index contributed by atoms with van der Waals surface area (Å²) in [6.45, 7) is 4.18. The summed E-state index contributed by atoms with van der Waals surface area (Å²) in [6, 6.07) is 5.93. The van der Waals surface area contributed by atoms with E-state index in [0.717, 1.165) is 48.6 Å². The standard InChI is InChI=1S/C17H23NO4/c1-3-4-8-21-15-6-5-13(10-16(15)19-2)14-11-17(22-18-14)7-9-20-12-17/h5-6,10-11,18H,3-4,7-9,12H2,1-2H3. The average Bonchev–Trinajstić information content (AvgIpc) is 3.18. The third kappa shape index (κ3) is 3.05. The molecule has 2 aliphatic rings. The lowest BCUT2D eigenvalue weighted by Gasteiger charge is -2.15. The van der Waals surface area contributed by atoms with Crippen LogP contribution in [0.15, 0.2) is 24.3 Å². The van der Waals surface area contributed by atoms with Gasteiger partial charge in [-0.3, -0.25) is 10.3 Å². The van der Waals surface area contributed by atoms with Crippen LogP contribution in [-0.4, -0.2) is 32.5 Å². The summed E-state index contributed by atoms with van der Waals surface area (Å²) in [6.07, 6.45) is 5.12. The fraction of sp³-hybridized carbons (Fsp3) is 0.529. The van der Waals surface area contributed by atoms with E-state index in [2.05, 4.69) is 18.5 Å². The number of nitrogens with one attached hydrogen (secondary N) is 1. The summed E-state index contributed by atoms with van der Waals surface area (Å²) in [5, 5.41) is 0. The van der Waals surface area contributed by atoms with E-state index in [-0.39, 0.29) is 5.60 Å². The van der Waals surface area contributed by atoms with E-state index >= 15 is 0 Å². The summed E-state index contributed by atoms with van der Waals surface area (Å²) in [5.41, 5.74) is 4.66. The first-order chi connectivity index (χ1) is 10.8. The molecule has 22 heavy (non-hydrogen) atoms. The van der Waals surface area contributed by atoms with Crippen molar-refractivity contribution in [2.24, 2.45) is 0 Å². The SMILES string of the molecule is CCCCOc1ccc(C2=CC3(CCOC3)ON2)cc1OC. The molecule has 1 atom stereocenters. The molecule has 0 saturated carbocycles. The van der Waals surface area contributed by atoms with Gasteiger partial charge in [-0.25, -0.2) is 0 Å². The molecular weight excluding hydrogens is 282 g/mol. The topological polar surface area (TPSA) is 49.0 Å². The molecule has 3 rings (SSSR count). The van der Waals surface area contributed by atoms with Crippen molar-refractivity contribution in [2.75, 3.05) is 26.9 Å². The molecular formula is C17H23NO4. The number of hydrogen-bond acceptors (Lipinski definition) is 5. The zero-order chi connectivity index (χ0) is 15.4. The van der Waals surface area contributed by atoms with Gasteiger partial charge in [0.2, 0.25) is 0 Å². The Morgan fingerprint density at radius 1 is 1.32 bits per heavy atom. The van der Waals surface area contributed by atoms with Crippen LogP contribution in [-0.2, 0) is 9.57 Å². The molecule has 1 saturated heterocycles. The van der Waals surface area contributed by atoms with Gasteiger partial charge in [0.05, 0.1) is 26.0 Å². The van der Waals surface area contributed by atoms with Crippen LogP contribution in [0.4, 0.5) is 0 Å². The summed E-state index contributed by atoms with van der Waals surface area (Å²) in [7, 11) is 1.66. The molecule has 1 spiro atoms. The zero-order valence-corrected chi connectivity index (χ0v) is 13.2. The Bertz CT molecular complexity index is 550. The third-order valence-electron chi connectivity index (χ3n) is 4.02. The van der Waals surface area contributed by atoms with Crippen LogP contribution in [0, 0.1) is 0 Å². The van der Waals surface area contributed by atoms with Crippen molar-refractivity contribution >= 4 is 5.70 Å². The highest BCUT2D eigenvalue weighted by Crippen LogP contribution is 2.35. The summed E-state index contributed by atoms with van der Waals surface area (Å²) >= 11 is 0. The maximum Gasteiger partial charge on any atom is 0.161 e. The van der Waals surface area contributed by atoms with Crippen molar-refractivity contribution in [1.29, 1.82) is 0 Å². The normalized spacial score (nSPS) is 23.5.